The minimum absolute atomic E-state index is 0.0591. The molecule has 0 saturated carbocycles. The van der Waals surface area contributed by atoms with Crippen molar-refractivity contribution in [3.8, 4) is 22.6 Å². The lowest BCUT2D eigenvalue weighted by molar-refractivity contribution is 0.0977. The molecule has 0 aliphatic heterocycles. The lowest BCUT2D eigenvalue weighted by Gasteiger charge is -2.14. The van der Waals surface area contributed by atoms with E-state index in [1.165, 1.54) is 18.2 Å². The van der Waals surface area contributed by atoms with Crippen LogP contribution in [0.1, 0.15) is 23.2 Å². The molecule has 3 aliphatic carbocycles. The number of aliphatic hydroxyl groups excluding tert-OH is 1. The van der Waals surface area contributed by atoms with E-state index in [4.69, 9.17) is 0 Å². The molecule has 0 bridgehead atoms. The molecular weight excluding hydrogens is 320 g/mol. The predicted molar refractivity (Wildman–Crippen MR) is 93.7 cm³/mol. The average molecular weight is 332 g/mol. The van der Waals surface area contributed by atoms with Gasteiger partial charge in [0.15, 0.2) is 11.2 Å². The summed E-state index contributed by atoms with van der Waals surface area (Å²) in [4.78, 5) is 25.1. The molecule has 3 aliphatic rings. The minimum Gasteiger partial charge on any atom is -0.512 e. The highest BCUT2D eigenvalue weighted by atomic mass is 16.3. The molecule has 0 spiro atoms. The third-order valence-corrected chi connectivity index (χ3v) is 5.12. The highest BCUT2D eigenvalue weighted by Gasteiger charge is 2.29. The first kappa shape index (κ1) is 14.0. The zero-order chi connectivity index (χ0) is 17.5. The number of rotatable bonds is 0. The van der Waals surface area contributed by atoms with Crippen LogP contribution in [0.25, 0.3) is 38.4 Å². The van der Waals surface area contributed by atoms with Crippen molar-refractivity contribution in [3.05, 3.63) is 51.3 Å². The Balaban J connectivity index is 2.19. The van der Waals surface area contributed by atoms with Gasteiger partial charge in [0, 0.05) is 29.4 Å². The first-order chi connectivity index (χ1) is 12.0. The molecule has 3 N–H and O–H groups in total. The number of carbonyl (C=O) groups is 1. The molecule has 5 nitrogen and oxygen atoms in total. The van der Waals surface area contributed by atoms with Gasteiger partial charge in [-0.2, -0.15) is 0 Å². The number of hydrogen-bond donors (Lipinski definition) is 3. The van der Waals surface area contributed by atoms with E-state index in [0.717, 1.165) is 0 Å². The quantitative estimate of drug-likeness (QED) is 0.460. The van der Waals surface area contributed by atoms with Gasteiger partial charge in [0.05, 0.1) is 10.6 Å². The monoisotopic (exact) mass is 332 g/mol. The van der Waals surface area contributed by atoms with Crippen LogP contribution in [-0.2, 0) is 0 Å². The maximum Gasteiger partial charge on any atom is 0.190 e. The Kier molecular flexibility index (Phi) is 2.46. The van der Waals surface area contributed by atoms with Gasteiger partial charge < -0.3 is 15.3 Å². The van der Waals surface area contributed by atoms with Gasteiger partial charge in [-0.3, -0.25) is 9.59 Å². The van der Waals surface area contributed by atoms with E-state index < -0.39 is 5.43 Å². The van der Waals surface area contributed by atoms with Crippen molar-refractivity contribution in [2.45, 2.75) is 12.8 Å². The zero-order valence-electron chi connectivity index (χ0n) is 13.0. The van der Waals surface area contributed by atoms with Gasteiger partial charge in [-0.25, -0.2) is 0 Å². The van der Waals surface area contributed by atoms with Gasteiger partial charge in [0.2, 0.25) is 0 Å². The smallest absolute Gasteiger partial charge is 0.190 e. The van der Waals surface area contributed by atoms with Crippen molar-refractivity contribution in [3.63, 3.8) is 0 Å². The summed E-state index contributed by atoms with van der Waals surface area (Å²) in [6.07, 6.45) is 0.316. The minimum atomic E-state index is -0.391. The lowest BCUT2D eigenvalue weighted by atomic mass is 9.88. The summed E-state index contributed by atoms with van der Waals surface area (Å²) in [6, 6.07) is 7.70. The molecule has 0 aromatic heterocycles. The van der Waals surface area contributed by atoms with Crippen molar-refractivity contribution in [1.82, 2.24) is 0 Å². The Morgan fingerprint density at radius 2 is 1.44 bits per heavy atom. The van der Waals surface area contributed by atoms with Gasteiger partial charge in [-0.15, -0.1) is 0 Å². The summed E-state index contributed by atoms with van der Waals surface area (Å²) in [6.45, 7) is 0. The number of phenolic OH excluding ortho intramolecular Hbond substituents is 2. The maximum absolute atomic E-state index is 12.6. The van der Waals surface area contributed by atoms with Gasteiger partial charge in [-0.1, -0.05) is 6.07 Å². The lowest BCUT2D eigenvalue weighted by Crippen LogP contribution is -2.36. The third-order valence-electron chi connectivity index (χ3n) is 5.12. The molecule has 2 aromatic rings. The normalized spacial score (nSPS) is 14.7. The Morgan fingerprint density at radius 3 is 2.16 bits per heavy atom. The number of aromatic hydroxyl groups is 2. The highest BCUT2D eigenvalue weighted by molar-refractivity contribution is 6.28. The number of hydrogen-bond acceptors (Lipinski definition) is 5. The van der Waals surface area contributed by atoms with Crippen LogP contribution in [0.15, 0.2) is 35.1 Å². The number of ketones is 1. The summed E-state index contributed by atoms with van der Waals surface area (Å²) < 4.78 is 0. The molecule has 0 unspecified atom stereocenters. The van der Waals surface area contributed by atoms with Gasteiger partial charge in [0.25, 0.3) is 0 Å². The third kappa shape index (κ3) is 1.57. The molecule has 0 heterocycles. The largest absolute Gasteiger partial charge is 0.512 e. The number of aliphatic hydroxyl groups is 1. The van der Waals surface area contributed by atoms with Gasteiger partial charge in [-0.05, 0) is 40.6 Å². The summed E-state index contributed by atoms with van der Waals surface area (Å²) in [5.41, 5.74) is 1.04. The number of carbonyl (C=O) groups excluding carboxylic acids is 1. The van der Waals surface area contributed by atoms with Crippen molar-refractivity contribution in [1.29, 1.82) is 0 Å². The number of benzene rings is 3. The zero-order valence-corrected chi connectivity index (χ0v) is 13.0. The molecule has 122 valence electrons. The second-order valence-corrected chi connectivity index (χ2v) is 6.43. The summed E-state index contributed by atoms with van der Waals surface area (Å²) in [5, 5.41) is 32.8. The second kappa shape index (κ2) is 4.39. The second-order valence-electron chi connectivity index (χ2n) is 6.43. The first-order valence-corrected chi connectivity index (χ1v) is 7.93. The summed E-state index contributed by atoms with van der Waals surface area (Å²) in [5.74, 6) is -0.373. The van der Waals surface area contributed by atoms with Crippen LogP contribution in [0.4, 0.5) is 0 Å². The van der Waals surface area contributed by atoms with Crippen LogP contribution >= 0.6 is 0 Å². The fourth-order valence-electron chi connectivity index (χ4n) is 4.09. The SMILES string of the molecule is O=C1CCC(O)=c2c1c1c3ccc(O)c4c(O)ccc(c-1cc2=O)c34. The van der Waals surface area contributed by atoms with E-state index in [-0.39, 0.29) is 46.7 Å². The van der Waals surface area contributed by atoms with Crippen molar-refractivity contribution < 1.29 is 20.1 Å². The summed E-state index contributed by atoms with van der Waals surface area (Å²) >= 11 is 0. The number of fused-ring (bicyclic) bond motifs is 5. The van der Waals surface area contributed by atoms with E-state index in [1.807, 2.05) is 0 Å². The van der Waals surface area contributed by atoms with Gasteiger partial charge >= 0.3 is 0 Å². The molecule has 0 fully saturated rings. The number of phenols is 2. The van der Waals surface area contributed by atoms with Gasteiger partial charge in [0.1, 0.15) is 17.3 Å². The van der Waals surface area contributed by atoms with E-state index in [0.29, 0.717) is 32.7 Å². The fourth-order valence-corrected chi connectivity index (χ4v) is 4.09. The molecule has 5 rings (SSSR count). The van der Waals surface area contributed by atoms with E-state index in [1.54, 1.807) is 12.1 Å². The molecule has 0 amide bonds. The Labute approximate surface area is 140 Å². The molecule has 0 saturated heterocycles. The van der Waals surface area contributed by atoms with Crippen LogP contribution in [0.3, 0.4) is 0 Å². The van der Waals surface area contributed by atoms with E-state index in [2.05, 4.69) is 0 Å². The van der Waals surface area contributed by atoms with E-state index >= 15 is 0 Å². The highest BCUT2D eigenvalue weighted by Crippen LogP contribution is 2.48. The molecule has 2 aromatic carbocycles. The van der Waals surface area contributed by atoms with Crippen LogP contribution in [0.2, 0.25) is 0 Å². The van der Waals surface area contributed by atoms with Crippen molar-refractivity contribution in [2.24, 2.45) is 0 Å². The molecular formula is C20H12O5. The van der Waals surface area contributed by atoms with Crippen LogP contribution < -0.4 is 10.6 Å². The van der Waals surface area contributed by atoms with Crippen molar-refractivity contribution in [2.75, 3.05) is 0 Å². The fraction of sp³-hybridized carbons (Fsp3) is 0.100. The van der Waals surface area contributed by atoms with E-state index in [9.17, 15) is 24.9 Å². The van der Waals surface area contributed by atoms with Crippen LogP contribution in [0, 0.1) is 0 Å². The van der Waals surface area contributed by atoms with Crippen molar-refractivity contribution >= 4 is 33.1 Å². The Morgan fingerprint density at radius 1 is 0.760 bits per heavy atom. The standard InChI is InChI=1S/C20H12O5/c21-11-3-1-8-10-7-15(25)19-13(23)5-6-14(24)20(19)17(10)9-2-4-12(22)18(11)16(8)9/h1-4,7,21-23H,5-6H2. The average Bonchev–Trinajstić information content (AvgIpc) is 2.89. The molecule has 0 atom stereocenters. The molecule has 25 heavy (non-hydrogen) atoms. The first-order valence-electron chi connectivity index (χ1n) is 7.93. The maximum atomic E-state index is 12.6. The predicted octanol–water partition coefficient (Wildman–Crippen LogP) is 2.67. The summed E-state index contributed by atoms with van der Waals surface area (Å²) in [7, 11) is 0. The topological polar surface area (TPSA) is 94.8 Å². The van der Waals surface area contributed by atoms with Crippen LogP contribution in [-0.4, -0.2) is 21.1 Å². The molecule has 5 heteroatoms. The van der Waals surface area contributed by atoms with Crippen LogP contribution in [0.5, 0.6) is 11.5 Å². The number of Topliss-reactive ketones (excluding diaryl/α,β-unsaturated/α-hetero) is 1. The Hall–Kier alpha value is -3.34. The Bertz CT molecular complexity index is 1290. The molecule has 0 radical (unpaired) electrons.